The molecule has 2 aliphatic heterocycles. The highest BCUT2D eigenvalue weighted by molar-refractivity contribution is 5.82. The quantitative estimate of drug-likeness (QED) is 0.891. The van der Waals surface area contributed by atoms with Crippen molar-refractivity contribution in [2.45, 2.75) is 25.4 Å². The first kappa shape index (κ1) is 16.5. The van der Waals surface area contributed by atoms with Gasteiger partial charge in [0.1, 0.15) is 0 Å². The number of fused-ring (bicyclic) bond motifs is 1. The maximum atomic E-state index is 12.7. The van der Waals surface area contributed by atoms with Gasteiger partial charge < -0.3 is 15.3 Å². The Balaban J connectivity index is 1.47. The van der Waals surface area contributed by atoms with Crippen LogP contribution < -0.4 is 5.32 Å². The van der Waals surface area contributed by atoms with Crippen molar-refractivity contribution in [3.8, 4) is 0 Å². The van der Waals surface area contributed by atoms with E-state index in [9.17, 15) is 9.90 Å². The zero-order valence-corrected chi connectivity index (χ0v) is 14.4. The van der Waals surface area contributed by atoms with Gasteiger partial charge in [0.15, 0.2) is 0 Å². The molecule has 1 aromatic carbocycles. The average molecular weight is 339 g/mol. The van der Waals surface area contributed by atoms with Gasteiger partial charge in [0.2, 0.25) is 5.91 Å². The lowest BCUT2D eigenvalue weighted by atomic mass is 9.94. The number of hydrogen-bond acceptors (Lipinski definition) is 4. The molecule has 0 radical (unpaired) electrons. The minimum absolute atomic E-state index is 0.0940. The molecule has 0 saturated carbocycles. The van der Waals surface area contributed by atoms with Gasteiger partial charge in [0, 0.05) is 36.5 Å². The third-order valence-electron chi connectivity index (χ3n) is 5.63. The molecule has 0 aliphatic carbocycles. The zero-order chi connectivity index (χ0) is 17.2. The first-order valence-corrected chi connectivity index (χ1v) is 9.22. The van der Waals surface area contributed by atoms with Crippen LogP contribution in [0.4, 0.5) is 0 Å². The summed E-state index contributed by atoms with van der Waals surface area (Å²) in [5.74, 6) is 0.438. The molecule has 2 fully saturated rings. The summed E-state index contributed by atoms with van der Waals surface area (Å²) in [4.78, 5) is 19.0. The van der Waals surface area contributed by atoms with Crippen LogP contribution in [0.2, 0.25) is 0 Å². The van der Waals surface area contributed by atoms with Crippen LogP contribution in [0.25, 0.3) is 10.9 Å². The minimum atomic E-state index is -0.447. The lowest BCUT2D eigenvalue weighted by Gasteiger charge is -2.26. The number of β-amino-alcohol motifs (C(OH)–C–C–N with tert-alkyl or cyclic N) is 1. The predicted molar refractivity (Wildman–Crippen MR) is 97.1 cm³/mol. The molecule has 5 nitrogen and oxygen atoms in total. The molecule has 1 amide bonds. The molecule has 2 unspecified atom stereocenters. The first-order chi connectivity index (χ1) is 12.2. The summed E-state index contributed by atoms with van der Waals surface area (Å²) in [6.07, 6.45) is 3.98. The number of carbonyl (C=O) groups is 1. The van der Waals surface area contributed by atoms with Gasteiger partial charge in [0.05, 0.1) is 11.6 Å². The van der Waals surface area contributed by atoms with E-state index in [0.717, 1.165) is 43.3 Å². The maximum Gasteiger partial charge on any atom is 0.225 e. The number of aliphatic hydroxyl groups excluding tert-OH is 1. The van der Waals surface area contributed by atoms with Gasteiger partial charge in [0.25, 0.3) is 0 Å². The molecule has 25 heavy (non-hydrogen) atoms. The van der Waals surface area contributed by atoms with Crippen LogP contribution in [0.1, 0.15) is 18.4 Å². The molecule has 4 rings (SSSR count). The topological polar surface area (TPSA) is 65.5 Å². The fourth-order valence-corrected chi connectivity index (χ4v) is 4.18. The highest BCUT2D eigenvalue weighted by Gasteiger charge is 2.36. The highest BCUT2D eigenvalue weighted by atomic mass is 16.3. The Morgan fingerprint density at radius 3 is 2.84 bits per heavy atom. The third-order valence-corrected chi connectivity index (χ3v) is 5.63. The number of aliphatic hydroxyl groups is 1. The lowest BCUT2D eigenvalue weighted by molar-refractivity contribution is -0.135. The smallest absolute Gasteiger partial charge is 0.225 e. The van der Waals surface area contributed by atoms with Crippen LogP contribution in [0.3, 0.4) is 0 Å². The van der Waals surface area contributed by atoms with Crippen LogP contribution in [0, 0.1) is 11.8 Å². The number of piperidine rings is 1. The van der Waals surface area contributed by atoms with E-state index in [2.05, 4.69) is 16.4 Å². The molecule has 2 N–H and O–H groups in total. The molecule has 1 aromatic heterocycles. The molecule has 3 heterocycles. The fraction of sp³-hybridized carbons (Fsp3) is 0.500. The fourth-order valence-electron chi connectivity index (χ4n) is 4.18. The molecular formula is C20H25N3O2. The van der Waals surface area contributed by atoms with E-state index in [-0.39, 0.29) is 17.7 Å². The second kappa shape index (κ2) is 7.10. The van der Waals surface area contributed by atoms with Gasteiger partial charge in [-0.05, 0) is 50.0 Å². The Labute approximate surface area is 148 Å². The van der Waals surface area contributed by atoms with Crippen LogP contribution in [0.15, 0.2) is 36.5 Å². The maximum absolute atomic E-state index is 12.7. The summed E-state index contributed by atoms with van der Waals surface area (Å²) in [7, 11) is 0. The average Bonchev–Trinajstić information content (AvgIpc) is 3.03. The number of hydrogen-bond donors (Lipinski definition) is 2. The lowest BCUT2D eigenvalue weighted by Crippen LogP contribution is -2.40. The number of benzene rings is 1. The van der Waals surface area contributed by atoms with E-state index in [0.29, 0.717) is 13.1 Å². The van der Waals surface area contributed by atoms with Crippen molar-refractivity contribution in [1.82, 2.24) is 15.2 Å². The number of carbonyl (C=O) groups excluding carboxylic acids is 1. The Bertz CT molecular complexity index is 752. The summed E-state index contributed by atoms with van der Waals surface area (Å²) < 4.78 is 0. The van der Waals surface area contributed by atoms with Crippen molar-refractivity contribution in [1.29, 1.82) is 0 Å². The molecule has 2 aromatic rings. The minimum Gasteiger partial charge on any atom is -0.391 e. The van der Waals surface area contributed by atoms with Crippen molar-refractivity contribution in [3.05, 3.63) is 42.1 Å². The summed E-state index contributed by atoms with van der Waals surface area (Å²) in [6.45, 7) is 2.95. The largest absolute Gasteiger partial charge is 0.391 e. The number of likely N-dealkylation sites (tertiary alicyclic amines) is 1. The van der Waals surface area contributed by atoms with Crippen molar-refractivity contribution < 1.29 is 9.90 Å². The van der Waals surface area contributed by atoms with Crippen molar-refractivity contribution in [2.75, 3.05) is 26.2 Å². The van der Waals surface area contributed by atoms with Gasteiger partial charge in [-0.2, -0.15) is 0 Å². The molecule has 2 aliphatic rings. The number of pyridine rings is 1. The summed E-state index contributed by atoms with van der Waals surface area (Å²) in [5, 5.41) is 15.0. The Kier molecular flexibility index (Phi) is 4.68. The van der Waals surface area contributed by atoms with E-state index < -0.39 is 6.10 Å². The van der Waals surface area contributed by atoms with E-state index in [1.54, 1.807) is 0 Å². The van der Waals surface area contributed by atoms with E-state index in [1.165, 1.54) is 5.56 Å². The Morgan fingerprint density at radius 2 is 2.00 bits per heavy atom. The number of para-hydroxylation sites is 1. The van der Waals surface area contributed by atoms with Crippen LogP contribution in [0.5, 0.6) is 0 Å². The van der Waals surface area contributed by atoms with Crippen molar-refractivity contribution >= 4 is 16.8 Å². The van der Waals surface area contributed by atoms with Gasteiger partial charge in [-0.1, -0.05) is 18.2 Å². The van der Waals surface area contributed by atoms with Crippen LogP contribution in [-0.4, -0.2) is 53.2 Å². The molecule has 2 saturated heterocycles. The standard InChI is InChI=1S/C20H25N3O2/c24-19-13-23(20(25)14-5-8-21-9-6-14)12-16(19)11-15-7-10-22-18-4-2-1-3-17(15)18/h1-4,7,10,14,16,19,21,24H,5-6,8-9,11-13H2. The SMILES string of the molecule is O=C(C1CCNCC1)N1CC(O)C(Cc2ccnc3ccccc23)C1. The Morgan fingerprint density at radius 1 is 1.20 bits per heavy atom. The molecule has 0 bridgehead atoms. The Hall–Kier alpha value is -1.98. The normalized spacial score (nSPS) is 24.8. The summed E-state index contributed by atoms with van der Waals surface area (Å²) >= 11 is 0. The van der Waals surface area contributed by atoms with Crippen LogP contribution >= 0.6 is 0 Å². The molecule has 2 atom stereocenters. The number of nitrogens with zero attached hydrogens (tertiary/aromatic N) is 2. The third kappa shape index (κ3) is 3.39. The summed E-state index contributed by atoms with van der Waals surface area (Å²) in [6, 6.07) is 10.1. The van der Waals surface area contributed by atoms with Crippen molar-refractivity contribution in [3.63, 3.8) is 0 Å². The van der Waals surface area contributed by atoms with Gasteiger partial charge in [-0.3, -0.25) is 9.78 Å². The molecule has 0 spiro atoms. The monoisotopic (exact) mass is 339 g/mol. The van der Waals surface area contributed by atoms with Gasteiger partial charge in [-0.15, -0.1) is 0 Å². The van der Waals surface area contributed by atoms with E-state index >= 15 is 0 Å². The molecule has 132 valence electrons. The predicted octanol–water partition coefficient (Wildman–Crippen LogP) is 1.60. The number of aromatic nitrogens is 1. The summed E-state index contributed by atoms with van der Waals surface area (Å²) in [5.41, 5.74) is 2.18. The number of rotatable bonds is 3. The molecular weight excluding hydrogens is 314 g/mol. The first-order valence-electron chi connectivity index (χ1n) is 9.22. The molecule has 5 heteroatoms. The van der Waals surface area contributed by atoms with Crippen molar-refractivity contribution in [2.24, 2.45) is 11.8 Å². The van der Waals surface area contributed by atoms with Gasteiger partial charge in [-0.25, -0.2) is 0 Å². The number of amides is 1. The van der Waals surface area contributed by atoms with E-state index in [4.69, 9.17) is 0 Å². The highest BCUT2D eigenvalue weighted by Crippen LogP contribution is 2.27. The van der Waals surface area contributed by atoms with Gasteiger partial charge >= 0.3 is 0 Å². The van der Waals surface area contributed by atoms with Crippen LogP contribution in [-0.2, 0) is 11.2 Å². The zero-order valence-electron chi connectivity index (χ0n) is 14.4. The second-order valence-electron chi connectivity index (χ2n) is 7.29. The van der Waals surface area contributed by atoms with E-state index in [1.807, 2.05) is 35.4 Å². The second-order valence-corrected chi connectivity index (χ2v) is 7.29. The number of nitrogens with one attached hydrogen (secondary N) is 1.